The molecule has 1 atom stereocenters. The van der Waals surface area contributed by atoms with Gasteiger partial charge in [0.15, 0.2) is 5.12 Å². The normalized spacial score (nSPS) is 12.1. The summed E-state index contributed by atoms with van der Waals surface area (Å²) in [5.41, 5.74) is 0. The topological polar surface area (TPSA) is 17.1 Å². The highest BCUT2D eigenvalue weighted by Crippen LogP contribution is 2.32. The maximum absolute atomic E-state index is 11.4. The number of allylic oxidation sites excluding steroid dienone is 1. The van der Waals surface area contributed by atoms with Crippen molar-refractivity contribution in [3.8, 4) is 0 Å². The molecule has 0 fully saturated rings. The van der Waals surface area contributed by atoms with E-state index in [1.165, 1.54) is 31.0 Å². The van der Waals surface area contributed by atoms with Crippen LogP contribution >= 0.6 is 33.3 Å². The van der Waals surface area contributed by atoms with Crippen molar-refractivity contribution in [1.82, 2.24) is 0 Å². The van der Waals surface area contributed by atoms with Gasteiger partial charge >= 0.3 is 0 Å². The summed E-state index contributed by atoms with van der Waals surface area (Å²) in [4.78, 5) is 11.4. The molecule has 0 aromatic rings. The van der Waals surface area contributed by atoms with Crippen LogP contribution in [0.5, 0.6) is 0 Å². The van der Waals surface area contributed by atoms with E-state index < -0.39 is 0 Å². The van der Waals surface area contributed by atoms with Crippen LogP contribution in [0.4, 0.5) is 0 Å². The molecule has 0 bridgehead atoms. The third-order valence-electron chi connectivity index (χ3n) is 2.05. The molecule has 0 spiro atoms. The van der Waals surface area contributed by atoms with Crippen LogP contribution < -0.4 is 0 Å². The van der Waals surface area contributed by atoms with Gasteiger partial charge in [-0.05, 0) is 12.8 Å². The third kappa shape index (κ3) is 11.0. The summed E-state index contributed by atoms with van der Waals surface area (Å²) in [5, 5.41) is 0.852. The van der Waals surface area contributed by atoms with Gasteiger partial charge in [0.25, 0.3) is 0 Å². The van der Waals surface area contributed by atoms with Gasteiger partial charge in [-0.3, -0.25) is 4.79 Å². The van der Waals surface area contributed by atoms with Crippen LogP contribution in [0, 0.1) is 0 Å². The van der Waals surface area contributed by atoms with Crippen LogP contribution in [0.2, 0.25) is 0 Å². The first-order valence-corrected chi connectivity index (χ1v) is 9.27. The first-order chi connectivity index (χ1) is 8.24. The largest absolute Gasteiger partial charge is 0.286 e. The Hall–Kier alpha value is 0.200. The Morgan fingerprint density at radius 1 is 1.35 bits per heavy atom. The number of unbranched alkanes of at least 4 members (excludes halogenated alkanes) is 1. The Kier molecular flexibility index (Phi) is 12.8. The molecule has 0 aromatic carbocycles. The lowest BCUT2D eigenvalue weighted by Gasteiger charge is -2.12. The molecule has 0 N–H and O–H groups in total. The van der Waals surface area contributed by atoms with Crippen LogP contribution in [0.1, 0.15) is 32.6 Å². The molecule has 0 aliphatic rings. The maximum Gasteiger partial charge on any atom is 0.199 e. The molecular weight excluding hydrogens is 268 g/mol. The average Bonchev–Trinajstić information content (AvgIpc) is 2.33. The zero-order valence-corrected chi connectivity index (χ0v) is 13.0. The van der Waals surface area contributed by atoms with Crippen LogP contribution in [0.25, 0.3) is 0 Å². The quantitative estimate of drug-likeness (QED) is 0.395. The second-order valence-electron chi connectivity index (χ2n) is 3.62. The maximum atomic E-state index is 11.4. The summed E-state index contributed by atoms with van der Waals surface area (Å²) in [6, 6.07) is 0. The molecule has 0 rings (SSSR count). The fourth-order valence-corrected chi connectivity index (χ4v) is 4.69. The number of carbonyl (C=O) groups excluding carboxylic acids is 1. The SMILES string of the molecule is C=CCSC(=O)CSSC(CC=C)CCCC. The summed E-state index contributed by atoms with van der Waals surface area (Å²) in [6.07, 6.45) is 8.47. The zero-order valence-electron chi connectivity index (χ0n) is 10.5. The molecule has 17 heavy (non-hydrogen) atoms. The summed E-state index contributed by atoms with van der Waals surface area (Å²) in [5.74, 6) is 1.30. The Bertz CT molecular complexity index is 229. The van der Waals surface area contributed by atoms with E-state index in [1.807, 2.05) is 16.9 Å². The van der Waals surface area contributed by atoms with E-state index in [9.17, 15) is 4.79 Å². The van der Waals surface area contributed by atoms with Crippen molar-refractivity contribution < 1.29 is 4.79 Å². The van der Waals surface area contributed by atoms with Crippen LogP contribution in [0.3, 0.4) is 0 Å². The zero-order chi connectivity index (χ0) is 12.9. The molecule has 0 amide bonds. The fraction of sp³-hybridized carbons (Fsp3) is 0.615. The third-order valence-corrected chi connectivity index (χ3v) is 5.90. The average molecular weight is 291 g/mol. The van der Waals surface area contributed by atoms with Gasteiger partial charge in [0.1, 0.15) is 0 Å². The molecule has 98 valence electrons. The number of hydrogen-bond donors (Lipinski definition) is 0. The molecule has 0 aromatic heterocycles. The van der Waals surface area contributed by atoms with E-state index in [2.05, 4.69) is 20.1 Å². The van der Waals surface area contributed by atoms with Gasteiger partial charge in [0.05, 0.1) is 5.75 Å². The predicted molar refractivity (Wildman–Crippen MR) is 85.8 cm³/mol. The van der Waals surface area contributed by atoms with E-state index in [0.29, 0.717) is 11.0 Å². The smallest absolute Gasteiger partial charge is 0.199 e. The molecular formula is C13H22OS3. The van der Waals surface area contributed by atoms with E-state index >= 15 is 0 Å². The van der Waals surface area contributed by atoms with Crippen LogP contribution in [-0.4, -0.2) is 21.9 Å². The minimum Gasteiger partial charge on any atom is -0.286 e. The number of rotatable bonds is 11. The minimum absolute atomic E-state index is 0.246. The van der Waals surface area contributed by atoms with Gasteiger partial charge in [-0.2, -0.15) is 0 Å². The molecule has 0 radical (unpaired) electrons. The Balaban J connectivity index is 3.68. The molecule has 0 heterocycles. The molecule has 0 aliphatic carbocycles. The molecule has 0 saturated carbocycles. The second-order valence-corrected chi connectivity index (χ2v) is 7.36. The van der Waals surface area contributed by atoms with Gasteiger partial charge in [-0.15, -0.1) is 13.2 Å². The highest BCUT2D eigenvalue weighted by molar-refractivity contribution is 8.77. The number of carbonyl (C=O) groups is 1. The first-order valence-electron chi connectivity index (χ1n) is 5.90. The minimum atomic E-state index is 0.246. The van der Waals surface area contributed by atoms with Crippen molar-refractivity contribution in [2.24, 2.45) is 0 Å². The molecule has 0 aliphatic heterocycles. The molecule has 1 unspecified atom stereocenters. The summed E-state index contributed by atoms with van der Waals surface area (Å²) in [7, 11) is 3.51. The Morgan fingerprint density at radius 2 is 2.12 bits per heavy atom. The highest BCUT2D eigenvalue weighted by atomic mass is 33.1. The van der Waals surface area contributed by atoms with Crippen molar-refractivity contribution in [2.75, 3.05) is 11.5 Å². The highest BCUT2D eigenvalue weighted by Gasteiger charge is 2.09. The van der Waals surface area contributed by atoms with Crippen LogP contribution in [-0.2, 0) is 4.79 Å². The molecule has 0 saturated heterocycles. The lowest BCUT2D eigenvalue weighted by molar-refractivity contribution is -0.108. The van der Waals surface area contributed by atoms with E-state index in [-0.39, 0.29) is 5.12 Å². The van der Waals surface area contributed by atoms with Crippen molar-refractivity contribution in [1.29, 1.82) is 0 Å². The Labute approximate surface area is 118 Å². The Morgan fingerprint density at radius 3 is 2.71 bits per heavy atom. The van der Waals surface area contributed by atoms with Gasteiger partial charge in [-0.25, -0.2) is 0 Å². The molecule has 1 nitrogen and oxygen atoms in total. The number of hydrogen-bond acceptors (Lipinski definition) is 4. The van der Waals surface area contributed by atoms with Crippen molar-refractivity contribution in [3.63, 3.8) is 0 Å². The monoisotopic (exact) mass is 290 g/mol. The van der Waals surface area contributed by atoms with Crippen molar-refractivity contribution in [3.05, 3.63) is 25.3 Å². The fourth-order valence-electron chi connectivity index (χ4n) is 1.19. The van der Waals surface area contributed by atoms with E-state index in [0.717, 1.165) is 12.2 Å². The second kappa shape index (κ2) is 12.7. The predicted octanol–water partition coefficient (Wildman–Crippen LogP) is 4.95. The van der Waals surface area contributed by atoms with Gasteiger partial charge in [0, 0.05) is 11.0 Å². The standard InChI is InChI=1S/C13H22OS3/c1-4-7-9-12(8-5-2)17-16-11-13(14)15-10-6-3/h5-6,12H,2-4,7-11H2,1H3. The lowest BCUT2D eigenvalue weighted by atomic mass is 10.1. The van der Waals surface area contributed by atoms with Crippen molar-refractivity contribution in [2.45, 2.75) is 37.9 Å². The van der Waals surface area contributed by atoms with Gasteiger partial charge in [0.2, 0.25) is 0 Å². The molecule has 4 heteroatoms. The van der Waals surface area contributed by atoms with E-state index in [4.69, 9.17) is 0 Å². The number of thioether (sulfide) groups is 1. The summed E-state index contributed by atoms with van der Waals surface area (Å²) < 4.78 is 0. The first kappa shape index (κ1) is 17.2. The lowest BCUT2D eigenvalue weighted by Crippen LogP contribution is -2.01. The van der Waals surface area contributed by atoms with Crippen molar-refractivity contribution >= 4 is 38.5 Å². The summed E-state index contributed by atoms with van der Waals surface area (Å²) >= 11 is 1.35. The van der Waals surface area contributed by atoms with Crippen LogP contribution in [0.15, 0.2) is 25.3 Å². The summed E-state index contributed by atoms with van der Waals surface area (Å²) in [6.45, 7) is 9.60. The van der Waals surface area contributed by atoms with Gasteiger partial charge in [-0.1, -0.05) is 65.3 Å². The van der Waals surface area contributed by atoms with E-state index in [1.54, 1.807) is 16.9 Å². The van der Waals surface area contributed by atoms with Gasteiger partial charge < -0.3 is 0 Å².